The van der Waals surface area contributed by atoms with Gasteiger partial charge in [-0.25, -0.2) is 0 Å². The molecule has 1 aromatic heterocycles. The highest BCUT2D eigenvalue weighted by Crippen LogP contribution is 2.26. The number of nitrogens with one attached hydrogen (secondary N) is 1. The molecule has 3 nitrogen and oxygen atoms in total. The number of aromatic hydroxyl groups is 1. The monoisotopic (exact) mass is 202 g/mol. The molecule has 0 amide bonds. The van der Waals surface area contributed by atoms with Crippen LogP contribution in [0, 0.1) is 0 Å². The summed E-state index contributed by atoms with van der Waals surface area (Å²) in [5, 5.41) is 17.5. The van der Waals surface area contributed by atoms with Crippen molar-refractivity contribution < 1.29 is 5.11 Å². The van der Waals surface area contributed by atoms with E-state index in [4.69, 9.17) is 0 Å². The van der Waals surface area contributed by atoms with E-state index in [9.17, 15) is 5.11 Å². The zero-order chi connectivity index (χ0) is 10.7. The second kappa shape index (κ2) is 4.17. The fourth-order valence-electron chi connectivity index (χ4n) is 1.56. The summed E-state index contributed by atoms with van der Waals surface area (Å²) in [4.78, 5) is 0. The van der Waals surface area contributed by atoms with E-state index in [1.165, 1.54) is 0 Å². The molecule has 2 aromatic rings. The third kappa shape index (κ3) is 1.86. The smallest absolute Gasteiger partial charge is 0.127 e. The van der Waals surface area contributed by atoms with E-state index in [1.807, 2.05) is 12.1 Å². The third-order valence-corrected chi connectivity index (χ3v) is 2.33. The molecule has 0 bridgehead atoms. The van der Waals surface area contributed by atoms with Gasteiger partial charge in [-0.2, -0.15) is 5.10 Å². The van der Waals surface area contributed by atoms with Gasteiger partial charge >= 0.3 is 0 Å². The van der Waals surface area contributed by atoms with Gasteiger partial charge in [0.1, 0.15) is 5.75 Å². The minimum absolute atomic E-state index is 0.275. The molecule has 0 spiro atoms. The number of fused-ring (bicyclic) bond motifs is 1. The Labute approximate surface area is 88.4 Å². The molecule has 0 atom stereocenters. The summed E-state index contributed by atoms with van der Waals surface area (Å²) in [7, 11) is 0. The highest BCUT2D eigenvalue weighted by atomic mass is 16.3. The van der Waals surface area contributed by atoms with Crippen LogP contribution < -0.4 is 0 Å². The Balaban J connectivity index is 2.44. The molecule has 1 aromatic carbocycles. The maximum Gasteiger partial charge on any atom is 0.127 e. The molecule has 0 unspecified atom stereocenters. The third-order valence-electron chi connectivity index (χ3n) is 2.33. The van der Waals surface area contributed by atoms with Crippen LogP contribution in [0.5, 0.6) is 5.75 Å². The van der Waals surface area contributed by atoms with Crippen LogP contribution in [-0.4, -0.2) is 15.3 Å². The number of unbranched alkanes of at least 4 members (excludes halogenated alkanes) is 1. The number of hydrogen-bond donors (Lipinski definition) is 2. The minimum atomic E-state index is 0.275. The van der Waals surface area contributed by atoms with Gasteiger partial charge in [0.05, 0.1) is 16.6 Å². The van der Waals surface area contributed by atoms with Gasteiger partial charge in [0.25, 0.3) is 0 Å². The topological polar surface area (TPSA) is 48.9 Å². The number of hydrogen-bond acceptors (Lipinski definition) is 2. The van der Waals surface area contributed by atoms with Crippen molar-refractivity contribution >= 4 is 17.0 Å². The van der Waals surface area contributed by atoms with E-state index in [1.54, 1.807) is 12.1 Å². The molecule has 3 heteroatoms. The van der Waals surface area contributed by atoms with Crippen molar-refractivity contribution in [2.24, 2.45) is 0 Å². The van der Waals surface area contributed by atoms with Crippen LogP contribution in [0.15, 0.2) is 24.3 Å². The summed E-state index contributed by atoms with van der Waals surface area (Å²) in [5.74, 6) is 0.275. The first kappa shape index (κ1) is 9.77. The van der Waals surface area contributed by atoms with Crippen molar-refractivity contribution in [1.82, 2.24) is 10.2 Å². The zero-order valence-electron chi connectivity index (χ0n) is 8.70. The lowest BCUT2D eigenvalue weighted by Gasteiger charge is -1.94. The fourth-order valence-corrected chi connectivity index (χ4v) is 1.56. The van der Waals surface area contributed by atoms with Crippen LogP contribution in [0.25, 0.3) is 17.0 Å². The summed E-state index contributed by atoms with van der Waals surface area (Å²) in [6.45, 7) is 2.13. The first-order valence-corrected chi connectivity index (χ1v) is 5.15. The van der Waals surface area contributed by atoms with Crippen LogP contribution >= 0.6 is 0 Å². The van der Waals surface area contributed by atoms with E-state index in [2.05, 4.69) is 23.2 Å². The average Bonchev–Trinajstić information content (AvgIpc) is 2.63. The second-order valence-electron chi connectivity index (χ2n) is 3.50. The molecule has 78 valence electrons. The molecular formula is C12H14N2O. The quantitative estimate of drug-likeness (QED) is 0.803. The van der Waals surface area contributed by atoms with Crippen molar-refractivity contribution in [3.05, 3.63) is 30.0 Å². The van der Waals surface area contributed by atoms with Crippen LogP contribution in [0.4, 0.5) is 0 Å². The predicted octanol–water partition coefficient (Wildman–Crippen LogP) is 3.08. The molecule has 0 aliphatic carbocycles. The number of aromatic nitrogens is 2. The number of H-pyrrole nitrogens is 1. The summed E-state index contributed by atoms with van der Waals surface area (Å²) >= 11 is 0. The first-order valence-electron chi connectivity index (χ1n) is 5.15. The first-order chi connectivity index (χ1) is 7.33. The second-order valence-corrected chi connectivity index (χ2v) is 3.50. The molecule has 15 heavy (non-hydrogen) atoms. The summed E-state index contributed by atoms with van der Waals surface area (Å²) < 4.78 is 0. The van der Waals surface area contributed by atoms with E-state index < -0.39 is 0 Å². The Morgan fingerprint density at radius 1 is 1.47 bits per heavy atom. The standard InChI is InChI=1S/C12H14N2O/c1-2-3-4-6-9-12-10(14-13-9)7-5-8-11(12)15/h4-8,15H,2-3H2,1H3,(H,13,14). The van der Waals surface area contributed by atoms with E-state index in [0.717, 1.165) is 29.4 Å². The van der Waals surface area contributed by atoms with Gasteiger partial charge in [0, 0.05) is 0 Å². The molecule has 0 saturated carbocycles. The molecule has 2 rings (SSSR count). The number of benzene rings is 1. The van der Waals surface area contributed by atoms with Crippen molar-refractivity contribution in [3.8, 4) is 5.75 Å². The SMILES string of the molecule is CCCC=Cc1[nH]nc2cccc(O)c12. The molecule has 0 saturated heterocycles. The number of allylic oxidation sites excluding steroid dienone is 1. The molecule has 1 heterocycles. The largest absolute Gasteiger partial charge is 0.507 e. The van der Waals surface area contributed by atoms with Gasteiger partial charge in [-0.15, -0.1) is 0 Å². The zero-order valence-corrected chi connectivity index (χ0v) is 8.70. The maximum absolute atomic E-state index is 9.70. The molecular weight excluding hydrogens is 188 g/mol. The van der Waals surface area contributed by atoms with Crippen LogP contribution in [0.2, 0.25) is 0 Å². The van der Waals surface area contributed by atoms with Gasteiger partial charge in [0.15, 0.2) is 0 Å². The normalized spacial score (nSPS) is 11.5. The van der Waals surface area contributed by atoms with Crippen molar-refractivity contribution in [1.29, 1.82) is 0 Å². The number of aromatic amines is 1. The van der Waals surface area contributed by atoms with Gasteiger partial charge in [-0.1, -0.05) is 25.5 Å². The number of rotatable bonds is 3. The fraction of sp³-hybridized carbons (Fsp3) is 0.250. The highest BCUT2D eigenvalue weighted by molar-refractivity contribution is 5.91. The Kier molecular flexibility index (Phi) is 2.72. The molecule has 2 N–H and O–H groups in total. The highest BCUT2D eigenvalue weighted by Gasteiger charge is 2.05. The van der Waals surface area contributed by atoms with Crippen LogP contribution in [-0.2, 0) is 0 Å². The van der Waals surface area contributed by atoms with Gasteiger partial charge in [-0.05, 0) is 24.6 Å². The Bertz CT molecular complexity index is 485. The molecule has 0 fully saturated rings. The maximum atomic E-state index is 9.70. The number of nitrogens with zero attached hydrogens (tertiary/aromatic N) is 1. The molecule has 0 aliphatic heterocycles. The Morgan fingerprint density at radius 2 is 2.33 bits per heavy atom. The van der Waals surface area contributed by atoms with E-state index in [-0.39, 0.29) is 5.75 Å². The molecule has 0 aliphatic rings. The van der Waals surface area contributed by atoms with Crippen LogP contribution in [0.1, 0.15) is 25.5 Å². The van der Waals surface area contributed by atoms with Crippen molar-refractivity contribution in [3.63, 3.8) is 0 Å². The number of phenolic OH excluding ortho intramolecular Hbond substituents is 1. The Hall–Kier alpha value is -1.77. The Morgan fingerprint density at radius 3 is 3.13 bits per heavy atom. The van der Waals surface area contributed by atoms with Crippen LogP contribution in [0.3, 0.4) is 0 Å². The number of phenols is 1. The molecule has 0 radical (unpaired) electrons. The van der Waals surface area contributed by atoms with Gasteiger partial charge in [0.2, 0.25) is 0 Å². The predicted molar refractivity (Wildman–Crippen MR) is 61.7 cm³/mol. The average molecular weight is 202 g/mol. The lowest BCUT2D eigenvalue weighted by Crippen LogP contribution is -1.73. The summed E-state index contributed by atoms with van der Waals surface area (Å²) in [6.07, 6.45) is 6.21. The summed E-state index contributed by atoms with van der Waals surface area (Å²) in [5.41, 5.74) is 1.67. The lowest BCUT2D eigenvalue weighted by molar-refractivity contribution is 0.481. The van der Waals surface area contributed by atoms with Gasteiger partial charge < -0.3 is 5.11 Å². The van der Waals surface area contributed by atoms with Crippen molar-refractivity contribution in [2.75, 3.05) is 0 Å². The van der Waals surface area contributed by atoms with Gasteiger partial charge in [-0.3, -0.25) is 5.10 Å². The minimum Gasteiger partial charge on any atom is -0.507 e. The van der Waals surface area contributed by atoms with E-state index >= 15 is 0 Å². The van der Waals surface area contributed by atoms with Crippen molar-refractivity contribution in [2.45, 2.75) is 19.8 Å². The summed E-state index contributed by atoms with van der Waals surface area (Å²) in [6, 6.07) is 5.34. The van der Waals surface area contributed by atoms with E-state index in [0.29, 0.717) is 0 Å². The lowest BCUT2D eigenvalue weighted by atomic mass is 10.1.